The highest BCUT2D eigenvalue weighted by Gasteiger charge is 2.54. The zero-order valence-electron chi connectivity index (χ0n) is 21.8. The SMILES string of the molecule is COc1cccc(CN(C(=O)CN2CCC(NC(=O)C(C)C)CC2)C23CC4CC(CC(C4)C2)C3)c1. The third-order valence-corrected chi connectivity index (χ3v) is 9.17. The van der Waals surface area contributed by atoms with Gasteiger partial charge in [-0.3, -0.25) is 14.5 Å². The minimum atomic E-state index is 0.0139. The molecule has 1 aliphatic heterocycles. The van der Waals surface area contributed by atoms with Crippen molar-refractivity contribution in [2.45, 2.75) is 83.3 Å². The first-order chi connectivity index (χ1) is 16.8. The maximum Gasteiger partial charge on any atom is 0.237 e. The molecule has 6 rings (SSSR count). The molecule has 4 aliphatic carbocycles. The summed E-state index contributed by atoms with van der Waals surface area (Å²) in [5.74, 6) is 3.66. The van der Waals surface area contributed by atoms with Gasteiger partial charge in [-0.25, -0.2) is 0 Å². The highest BCUT2D eigenvalue weighted by Crippen LogP contribution is 2.58. The molecule has 5 fully saturated rings. The molecule has 6 heteroatoms. The number of likely N-dealkylation sites (tertiary alicyclic amines) is 1. The second kappa shape index (κ2) is 10.1. The minimum absolute atomic E-state index is 0.0139. The lowest BCUT2D eigenvalue weighted by Gasteiger charge is -2.60. The lowest BCUT2D eigenvalue weighted by Crippen LogP contribution is -2.62. The molecule has 4 saturated carbocycles. The standard InChI is InChI=1S/C29H43N3O3/c1-20(2)28(34)30-25-7-9-31(10-8-25)19-27(33)32(18-21-5-4-6-26(14-21)35-3)29-15-22-11-23(16-29)13-24(12-22)17-29/h4-6,14,20,22-25H,7-13,15-19H2,1-3H3,(H,30,34). The average Bonchev–Trinajstić information content (AvgIpc) is 2.83. The maximum atomic E-state index is 14.0. The Morgan fingerprint density at radius 2 is 1.71 bits per heavy atom. The highest BCUT2D eigenvalue weighted by atomic mass is 16.5. The Labute approximate surface area is 210 Å². The maximum absolute atomic E-state index is 14.0. The highest BCUT2D eigenvalue weighted by molar-refractivity contribution is 5.79. The Morgan fingerprint density at radius 3 is 2.29 bits per heavy atom. The predicted molar refractivity (Wildman–Crippen MR) is 137 cm³/mol. The lowest BCUT2D eigenvalue weighted by atomic mass is 9.52. The predicted octanol–water partition coefficient (Wildman–Crippen LogP) is 4.23. The van der Waals surface area contributed by atoms with Crippen LogP contribution in [0.4, 0.5) is 0 Å². The summed E-state index contributed by atoms with van der Waals surface area (Å²) in [4.78, 5) is 30.7. The van der Waals surface area contributed by atoms with Gasteiger partial charge in [-0.15, -0.1) is 0 Å². The van der Waals surface area contributed by atoms with Crippen molar-refractivity contribution in [3.63, 3.8) is 0 Å². The number of benzene rings is 1. The average molecular weight is 482 g/mol. The van der Waals surface area contributed by atoms with Gasteiger partial charge in [0.25, 0.3) is 0 Å². The van der Waals surface area contributed by atoms with Crippen LogP contribution >= 0.6 is 0 Å². The number of ether oxygens (including phenoxy) is 1. The first-order valence-corrected chi connectivity index (χ1v) is 13.8. The molecule has 1 aromatic rings. The van der Waals surface area contributed by atoms with Crippen LogP contribution in [0, 0.1) is 23.7 Å². The zero-order chi connectivity index (χ0) is 24.6. The van der Waals surface area contributed by atoms with Gasteiger partial charge in [0, 0.05) is 37.1 Å². The number of amides is 2. The van der Waals surface area contributed by atoms with E-state index in [2.05, 4.69) is 27.2 Å². The number of carbonyl (C=O) groups excluding carboxylic acids is 2. The van der Waals surface area contributed by atoms with Crippen LogP contribution in [0.3, 0.4) is 0 Å². The minimum Gasteiger partial charge on any atom is -0.497 e. The third kappa shape index (κ3) is 5.37. The summed E-state index contributed by atoms with van der Waals surface area (Å²) in [6.07, 6.45) is 9.48. The first-order valence-electron chi connectivity index (χ1n) is 13.8. The lowest BCUT2D eigenvalue weighted by molar-refractivity contribution is -0.154. The number of hydrogen-bond acceptors (Lipinski definition) is 4. The molecule has 0 radical (unpaired) electrons. The number of rotatable bonds is 8. The van der Waals surface area contributed by atoms with E-state index in [1.807, 2.05) is 26.0 Å². The van der Waals surface area contributed by atoms with Crippen LogP contribution < -0.4 is 10.1 Å². The van der Waals surface area contributed by atoms with E-state index in [-0.39, 0.29) is 29.3 Å². The molecular weight excluding hydrogens is 438 g/mol. The molecule has 1 aromatic carbocycles. The fraction of sp³-hybridized carbons (Fsp3) is 0.724. The van der Waals surface area contributed by atoms with Gasteiger partial charge >= 0.3 is 0 Å². The Balaban J connectivity index is 1.29. The van der Waals surface area contributed by atoms with E-state index in [9.17, 15) is 9.59 Å². The van der Waals surface area contributed by atoms with E-state index in [0.717, 1.165) is 55.0 Å². The molecule has 1 heterocycles. The topological polar surface area (TPSA) is 61.9 Å². The van der Waals surface area contributed by atoms with Crippen LogP contribution in [-0.2, 0) is 16.1 Å². The van der Waals surface area contributed by atoms with Crippen molar-refractivity contribution in [3.05, 3.63) is 29.8 Å². The molecular formula is C29H43N3O3. The number of nitrogens with one attached hydrogen (secondary N) is 1. The Morgan fingerprint density at radius 1 is 1.09 bits per heavy atom. The number of methoxy groups -OCH3 is 1. The number of nitrogens with zero attached hydrogens (tertiary/aromatic N) is 2. The van der Waals surface area contributed by atoms with Gasteiger partial charge in [0.1, 0.15) is 5.75 Å². The van der Waals surface area contributed by atoms with Crippen LogP contribution in [0.2, 0.25) is 0 Å². The zero-order valence-corrected chi connectivity index (χ0v) is 21.8. The molecule has 1 N–H and O–H groups in total. The molecule has 0 spiro atoms. The number of hydrogen-bond donors (Lipinski definition) is 1. The second-order valence-electron chi connectivity index (χ2n) is 12.2. The van der Waals surface area contributed by atoms with Crippen LogP contribution in [0.5, 0.6) is 5.75 Å². The number of piperidine rings is 1. The van der Waals surface area contributed by atoms with Gasteiger partial charge in [-0.05, 0) is 86.8 Å². The van der Waals surface area contributed by atoms with Gasteiger partial charge in [0.05, 0.1) is 13.7 Å². The molecule has 0 unspecified atom stereocenters. The van der Waals surface area contributed by atoms with Crippen molar-refractivity contribution in [1.82, 2.24) is 15.1 Å². The van der Waals surface area contributed by atoms with Crippen LogP contribution in [-0.4, -0.2) is 59.9 Å². The summed E-state index contributed by atoms with van der Waals surface area (Å²) < 4.78 is 5.48. The molecule has 35 heavy (non-hydrogen) atoms. The molecule has 0 aromatic heterocycles. The summed E-state index contributed by atoms with van der Waals surface area (Å²) in [7, 11) is 1.70. The Kier molecular flexibility index (Phi) is 7.11. The molecule has 5 aliphatic rings. The molecule has 6 nitrogen and oxygen atoms in total. The van der Waals surface area contributed by atoms with Crippen molar-refractivity contribution in [1.29, 1.82) is 0 Å². The van der Waals surface area contributed by atoms with E-state index in [0.29, 0.717) is 13.1 Å². The molecule has 4 bridgehead atoms. The van der Waals surface area contributed by atoms with Crippen LogP contribution in [0.1, 0.15) is 70.8 Å². The molecule has 2 amide bonds. The fourth-order valence-electron chi connectivity index (χ4n) is 7.75. The third-order valence-electron chi connectivity index (χ3n) is 9.17. The van der Waals surface area contributed by atoms with E-state index in [1.54, 1.807) is 7.11 Å². The second-order valence-corrected chi connectivity index (χ2v) is 12.2. The molecule has 1 saturated heterocycles. The van der Waals surface area contributed by atoms with Crippen molar-refractivity contribution < 1.29 is 14.3 Å². The summed E-state index contributed by atoms with van der Waals surface area (Å²) in [5.41, 5.74) is 1.18. The summed E-state index contributed by atoms with van der Waals surface area (Å²) >= 11 is 0. The smallest absolute Gasteiger partial charge is 0.237 e. The van der Waals surface area contributed by atoms with Gasteiger partial charge in [-0.2, -0.15) is 0 Å². The van der Waals surface area contributed by atoms with Gasteiger partial charge in [0.15, 0.2) is 0 Å². The summed E-state index contributed by atoms with van der Waals surface area (Å²) in [6.45, 7) is 6.75. The van der Waals surface area contributed by atoms with E-state index >= 15 is 0 Å². The van der Waals surface area contributed by atoms with E-state index in [1.165, 1.54) is 38.5 Å². The Bertz CT molecular complexity index is 886. The van der Waals surface area contributed by atoms with Crippen molar-refractivity contribution in [2.24, 2.45) is 23.7 Å². The quantitative estimate of drug-likeness (QED) is 0.604. The van der Waals surface area contributed by atoms with E-state index < -0.39 is 0 Å². The molecule has 0 atom stereocenters. The summed E-state index contributed by atoms with van der Waals surface area (Å²) in [6, 6.07) is 8.46. The van der Waals surface area contributed by atoms with Crippen molar-refractivity contribution in [2.75, 3.05) is 26.7 Å². The number of carbonyl (C=O) groups is 2. The Hall–Kier alpha value is -2.08. The van der Waals surface area contributed by atoms with Gasteiger partial charge < -0.3 is 15.0 Å². The first kappa shape index (κ1) is 24.6. The van der Waals surface area contributed by atoms with Gasteiger partial charge in [0.2, 0.25) is 11.8 Å². The van der Waals surface area contributed by atoms with E-state index in [4.69, 9.17) is 4.74 Å². The summed E-state index contributed by atoms with van der Waals surface area (Å²) in [5, 5.41) is 3.17. The largest absolute Gasteiger partial charge is 0.497 e. The molecule has 192 valence electrons. The van der Waals surface area contributed by atoms with Crippen LogP contribution in [0.15, 0.2) is 24.3 Å². The normalized spacial score (nSPS) is 30.5. The van der Waals surface area contributed by atoms with Gasteiger partial charge in [-0.1, -0.05) is 26.0 Å². The fourth-order valence-corrected chi connectivity index (χ4v) is 7.75. The van der Waals surface area contributed by atoms with Crippen LogP contribution in [0.25, 0.3) is 0 Å². The monoisotopic (exact) mass is 481 g/mol. The van der Waals surface area contributed by atoms with Crippen molar-refractivity contribution in [3.8, 4) is 5.75 Å². The van der Waals surface area contributed by atoms with Crippen molar-refractivity contribution >= 4 is 11.8 Å².